The van der Waals surface area contributed by atoms with Crippen LogP contribution in [0.3, 0.4) is 0 Å². The number of rotatable bonds is 4. The van der Waals surface area contributed by atoms with Gasteiger partial charge in [0.25, 0.3) is 0 Å². The number of anilines is 2. The first-order valence-corrected chi connectivity index (χ1v) is 8.23. The van der Waals surface area contributed by atoms with Gasteiger partial charge in [-0.2, -0.15) is 4.52 Å². The van der Waals surface area contributed by atoms with Crippen LogP contribution >= 0.6 is 22.9 Å². The van der Waals surface area contributed by atoms with Crippen LogP contribution in [0.4, 0.5) is 10.8 Å². The second-order valence-electron chi connectivity index (χ2n) is 5.08. The number of nitrogens with zero attached hydrogens (tertiary/aromatic N) is 5. The maximum atomic E-state index is 9.35. The molecule has 2 N–H and O–H groups in total. The number of phenolic OH excluding ortho intramolecular Hbond substituents is 1. The highest BCUT2D eigenvalue weighted by molar-refractivity contribution is 7.20. The van der Waals surface area contributed by atoms with Crippen molar-refractivity contribution in [2.24, 2.45) is 0 Å². The van der Waals surface area contributed by atoms with Crippen LogP contribution in [0.5, 0.6) is 5.75 Å². The molecule has 0 saturated carbocycles. The Morgan fingerprint density at radius 3 is 2.79 bits per heavy atom. The first kappa shape index (κ1) is 14.9. The zero-order chi connectivity index (χ0) is 16.5. The third-order valence-electron chi connectivity index (χ3n) is 3.31. The number of benzene rings is 1. The number of aromatic hydroxyl groups is 1. The molecule has 1 aromatic carbocycles. The second kappa shape index (κ2) is 6.06. The molecule has 7 nitrogen and oxygen atoms in total. The van der Waals surface area contributed by atoms with E-state index in [1.807, 2.05) is 12.1 Å². The summed E-state index contributed by atoms with van der Waals surface area (Å²) in [4.78, 5) is 4.73. The van der Waals surface area contributed by atoms with E-state index in [0.29, 0.717) is 21.5 Å². The maximum Gasteiger partial charge on any atom is 0.236 e. The summed E-state index contributed by atoms with van der Waals surface area (Å²) in [5.74, 6) is 0.963. The standard InChI is InChI=1S/C15H11ClN6OS/c16-10-6-11(8-17-7-10)18-14-21-22-13(19-20-15(22)24-14)5-9-1-3-12(23)4-2-9/h1-4,6-8,23H,5H2,(H,18,21). The van der Waals surface area contributed by atoms with Crippen LogP contribution in [0, 0.1) is 0 Å². The summed E-state index contributed by atoms with van der Waals surface area (Å²) in [5, 5.41) is 26.5. The molecule has 0 fully saturated rings. The average Bonchev–Trinajstić information content (AvgIpc) is 3.11. The SMILES string of the molecule is Oc1ccc(Cc2nnc3sc(Nc4cncc(Cl)c4)nn23)cc1. The predicted molar refractivity (Wildman–Crippen MR) is 92.1 cm³/mol. The monoisotopic (exact) mass is 358 g/mol. The Morgan fingerprint density at radius 1 is 1.17 bits per heavy atom. The fourth-order valence-corrected chi connectivity index (χ4v) is 3.17. The molecule has 0 spiro atoms. The summed E-state index contributed by atoms with van der Waals surface area (Å²) >= 11 is 7.32. The number of nitrogens with one attached hydrogen (secondary N) is 1. The smallest absolute Gasteiger partial charge is 0.236 e. The molecule has 24 heavy (non-hydrogen) atoms. The summed E-state index contributed by atoms with van der Waals surface area (Å²) in [6, 6.07) is 8.76. The number of halogens is 1. The highest BCUT2D eigenvalue weighted by Gasteiger charge is 2.12. The van der Waals surface area contributed by atoms with Gasteiger partial charge in [0.15, 0.2) is 5.82 Å². The number of hydrogen-bond donors (Lipinski definition) is 2. The van der Waals surface area contributed by atoms with Crippen molar-refractivity contribution in [1.82, 2.24) is 24.8 Å². The Kier molecular flexibility index (Phi) is 3.75. The molecule has 0 bridgehead atoms. The topological polar surface area (TPSA) is 88.2 Å². The Bertz CT molecular complexity index is 997. The van der Waals surface area contributed by atoms with E-state index in [9.17, 15) is 5.11 Å². The van der Waals surface area contributed by atoms with Gasteiger partial charge in [-0.3, -0.25) is 4.98 Å². The number of phenols is 1. The van der Waals surface area contributed by atoms with Crippen LogP contribution < -0.4 is 5.32 Å². The molecular weight excluding hydrogens is 348 g/mol. The zero-order valence-corrected chi connectivity index (χ0v) is 13.8. The number of aromatic nitrogens is 5. The van der Waals surface area contributed by atoms with Gasteiger partial charge in [0.2, 0.25) is 10.1 Å². The molecule has 0 atom stereocenters. The lowest BCUT2D eigenvalue weighted by atomic mass is 10.1. The van der Waals surface area contributed by atoms with Crippen molar-refractivity contribution in [1.29, 1.82) is 0 Å². The van der Waals surface area contributed by atoms with Crippen LogP contribution in [-0.2, 0) is 6.42 Å². The van der Waals surface area contributed by atoms with Gasteiger partial charge in [-0.25, -0.2) is 0 Å². The quantitative estimate of drug-likeness (QED) is 0.582. The van der Waals surface area contributed by atoms with E-state index < -0.39 is 0 Å². The van der Waals surface area contributed by atoms with Crippen LogP contribution in [0.1, 0.15) is 11.4 Å². The van der Waals surface area contributed by atoms with Gasteiger partial charge < -0.3 is 10.4 Å². The fourth-order valence-electron chi connectivity index (χ4n) is 2.22. The van der Waals surface area contributed by atoms with Crippen LogP contribution in [0.2, 0.25) is 5.02 Å². The van der Waals surface area contributed by atoms with Gasteiger partial charge >= 0.3 is 0 Å². The van der Waals surface area contributed by atoms with E-state index in [-0.39, 0.29) is 5.75 Å². The maximum absolute atomic E-state index is 9.35. The lowest BCUT2D eigenvalue weighted by Crippen LogP contribution is -1.98. The molecule has 3 heterocycles. The molecule has 120 valence electrons. The minimum atomic E-state index is 0.236. The molecule has 3 aromatic heterocycles. The Morgan fingerprint density at radius 2 is 2.00 bits per heavy atom. The van der Waals surface area contributed by atoms with Crippen LogP contribution in [0.25, 0.3) is 4.96 Å². The lowest BCUT2D eigenvalue weighted by Gasteiger charge is -2.01. The average molecular weight is 359 g/mol. The van der Waals surface area contributed by atoms with Crippen molar-refractivity contribution in [2.45, 2.75) is 6.42 Å². The van der Waals surface area contributed by atoms with Crippen molar-refractivity contribution in [2.75, 3.05) is 5.32 Å². The lowest BCUT2D eigenvalue weighted by molar-refractivity contribution is 0.475. The van der Waals surface area contributed by atoms with Crippen molar-refractivity contribution >= 4 is 38.7 Å². The molecular formula is C15H11ClN6OS. The predicted octanol–water partition coefficient (Wildman–Crippen LogP) is 3.27. The molecule has 0 radical (unpaired) electrons. The first-order valence-electron chi connectivity index (χ1n) is 7.04. The van der Waals surface area contributed by atoms with Gasteiger partial charge in [-0.1, -0.05) is 35.1 Å². The summed E-state index contributed by atoms with van der Waals surface area (Å²) in [6.07, 6.45) is 3.82. The molecule has 0 aliphatic heterocycles. The van der Waals surface area contributed by atoms with Gasteiger partial charge in [0, 0.05) is 12.6 Å². The van der Waals surface area contributed by atoms with Crippen molar-refractivity contribution in [3.8, 4) is 5.75 Å². The van der Waals surface area contributed by atoms with E-state index in [0.717, 1.165) is 17.1 Å². The molecule has 0 aliphatic carbocycles. The minimum absolute atomic E-state index is 0.236. The highest BCUT2D eigenvalue weighted by Crippen LogP contribution is 2.24. The summed E-state index contributed by atoms with van der Waals surface area (Å²) in [7, 11) is 0. The zero-order valence-electron chi connectivity index (χ0n) is 12.2. The molecule has 0 unspecified atom stereocenters. The van der Waals surface area contributed by atoms with Crippen LogP contribution in [-0.4, -0.2) is 29.9 Å². The van der Waals surface area contributed by atoms with Gasteiger partial charge in [-0.15, -0.1) is 15.3 Å². The van der Waals surface area contributed by atoms with E-state index in [4.69, 9.17) is 11.6 Å². The van der Waals surface area contributed by atoms with E-state index >= 15 is 0 Å². The Balaban J connectivity index is 1.60. The van der Waals surface area contributed by atoms with Gasteiger partial charge in [0.1, 0.15) is 5.75 Å². The normalized spacial score (nSPS) is 11.0. The van der Waals surface area contributed by atoms with Gasteiger partial charge in [-0.05, 0) is 23.8 Å². The molecule has 9 heteroatoms. The van der Waals surface area contributed by atoms with Crippen molar-refractivity contribution in [3.05, 3.63) is 59.1 Å². The minimum Gasteiger partial charge on any atom is -0.508 e. The number of pyridine rings is 1. The Labute approximate surface area is 145 Å². The fraction of sp³-hybridized carbons (Fsp3) is 0.0667. The number of fused-ring (bicyclic) bond motifs is 1. The molecule has 0 amide bonds. The molecule has 0 aliphatic rings. The van der Waals surface area contributed by atoms with Crippen molar-refractivity contribution < 1.29 is 5.11 Å². The third-order valence-corrected chi connectivity index (χ3v) is 4.33. The first-order chi connectivity index (χ1) is 11.7. The highest BCUT2D eigenvalue weighted by atomic mass is 35.5. The summed E-state index contributed by atoms with van der Waals surface area (Å²) in [5.41, 5.74) is 1.77. The molecule has 4 aromatic rings. The van der Waals surface area contributed by atoms with Gasteiger partial charge in [0.05, 0.1) is 16.9 Å². The molecule has 0 saturated heterocycles. The van der Waals surface area contributed by atoms with E-state index in [1.54, 1.807) is 35.1 Å². The Hall–Kier alpha value is -2.71. The van der Waals surface area contributed by atoms with E-state index in [1.165, 1.54) is 11.3 Å². The van der Waals surface area contributed by atoms with Crippen LogP contribution in [0.15, 0.2) is 42.7 Å². The molecule has 4 rings (SSSR count). The largest absolute Gasteiger partial charge is 0.508 e. The summed E-state index contributed by atoms with van der Waals surface area (Å²) < 4.78 is 1.71. The second-order valence-corrected chi connectivity index (χ2v) is 6.47. The third kappa shape index (κ3) is 3.01. The van der Waals surface area contributed by atoms with Crippen molar-refractivity contribution in [3.63, 3.8) is 0 Å². The van der Waals surface area contributed by atoms with E-state index in [2.05, 4.69) is 25.6 Å². The number of hydrogen-bond acceptors (Lipinski definition) is 7. The summed E-state index contributed by atoms with van der Waals surface area (Å²) in [6.45, 7) is 0.